The van der Waals surface area contributed by atoms with Gasteiger partial charge in [0, 0.05) is 18.0 Å². The van der Waals surface area contributed by atoms with Crippen LogP contribution in [0.1, 0.15) is 22.5 Å². The van der Waals surface area contributed by atoms with Gasteiger partial charge >= 0.3 is 5.97 Å². The summed E-state index contributed by atoms with van der Waals surface area (Å²) in [6.07, 6.45) is 2.88. The molecule has 0 unspecified atom stereocenters. The Bertz CT molecular complexity index is 756. The van der Waals surface area contributed by atoms with Gasteiger partial charge in [-0.25, -0.2) is 4.98 Å². The van der Waals surface area contributed by atoms with Crippen molar-refractivity contribution < 1.29 is 19.5 Å². The minimum absolute atomic E-state index is 0.0210. The number of nitrogens with one attached hydrogen (secondary N) is 2. The van der Waals surface area contributed by atoms with Crippen LogP contribution in [0.15, 0.2) is 41.8 Å². The van der Waals surface area contributed by atoms with E-state index in [1.165, 1.54) is 11.5 Å². The molecule has 0 saturated carbocycles. The Kier molecular flexibility index (Phi) is 6.21. The van der Waals surface area contributed by atoms with Crippen molar-refractivity contribution in [1.29, 1.82) is 0 Å². The highest BCUT2D eigenvalue weighted by molar-refractivity contribution is 7.14. The molecule has 3 N–H and O–H groups in total. The Labute approximate surface area is 142 Å². The van der Waals surface area contributed by atoms with E-state index in [2.05, 4.69) is 15.6 Å². The first-order chi connectivity index (χ1) is 11.5. The molecular weight excluding hydrogens is 330 g/mol. The van der Waals surface area contributed by atoms with Gasteiger partial charge in [0.2, 0.25) is 5.91 Å². The fourth-order valence-electron chi connectivity index (χ4n) is 1.69. The van der Waals surface area contributed by atoms with Gasteiger partial charge in [0.15, 0.2) is 5.13 Å². The number of hydrogen-bond donors (Lipinski definition) is 3. The lowest BCUT2D eigenvalue weighted by Gasteiger charge is -2.00. The second-order valence-electron chi connectivity index (χ2n) is 4.67. The van der Waals surface area contributed by atoms with Crippen LogP contribution in [0.3, 0.4) is 0 Å². The highest BCUT2D eigenvalue weighted by Crippen LogP contribution is 2.15. The van der Waals surface area contributed by atoms with Crippen molar-refractivity contribution in [2.24, 2.45) is 0 Å². The number of nitrogens with zero attached hydrogens (tertiary/aromatic N) is 1. The summed E-state index contributed by atoms with van der Waals surface area (Å²) in [5, 5.41) is 15.3. The Balaban J connectivity index is 1.86. The molecular formula is C16H15N3O4S. The van der Waals surface area contributed by atoms with Gasteiger partial charge in [-0.05, 0) is 11.6 Å². The lowest BCUT2D eigenvalue weighted by molar-refractivity contribution is -0.136. The van der Waals surface area contributed by atoms with Crippen LogP contribution in [0.2, 0.25) is 0 Å². The first-order valence-corrected chi connectivity index (χ1v) is 7.92. The summed E-state index contributed by atoms with van der Waals surface area (Å²) in [6, 6.07) is 9.36. The molecule has 2 rings (SSSR count). The van der Waals surface area contributed by atoms with Crippen molar-refractivity contribution >= 4 is 40.3 Å². The molecule has 0 aliphatic heterocycles. The first-order valence-electron chi connectivity index (χ1n) is 7.04. The molecule has 0 atom stereocenters. The van der Waals surface area contributed by atoms with Gasteiger partial charge in [-0.3, -0.25) is 19.7 Å². The van der Waals surface area contributed by atoms with E-state index in [1.807, 2.05) is 30.3 Å². The number of aromatic nitrogens is 1. The minimum Gasteiger partial charge on any atom is -0.481 e. The molecule has 24 heavy (non-hydrogen) atoms. The molecule has 0 spiro atoms. The van der Waals surface area contributed by atoms with E-state index in [-0.39, 0.29) is 24.6 Å². The summed E-state index contributed by atoms with van der Waals surface area (Å²) in [4.78, 5) is 37.9. The summed E-state index contributed by atoms with van der Waals surface area (Å²) in [5.74, 6) is -1.83. The highest BCUT2D eigenvalue weighted by atomic mass is 32.1. The van der Waals surface area contributed by atoms with Crippen molar-refractivity contribution in [1.82, 2.24) is 10.3 Å². The van der Waals surface area contributed by atoms with Crippen LogP contribution >= 0.6 is 11.3 Å². The number of carbonyl (C=O) groups excluding carboxylic acids is 2. The van der Waals surface area contributed by atoms with E-state index in [9.17, 15) is 14.4 Å². The fraction of sp³-hybridized carbons (Fsp3) is 0.125. The topological polar surface area (TPSA) is 108 Å². The predicted molar refractivity (Wildman–Crippen MR) is 90.8 cm³/mol. The van der Waals surface area contributed by atoms with Gasteiger partial charge in [0.25, 0.3) is 5.91 Å². The molecule has 0 fully saturated rings. The molecule has 2 aromatic rings. The zero-order valence-electron chi connectivity index (χ0n) is 12.6. The number of carboxylic acid groups (broad SMARTS) is 1. The molecule has 124 valence electrons. The molecule has 1 heterocycles. The van der Waals surface area contributed by atoms with Crippen LogP contribution in [-0.4, -0.2) is 34.4 Å². The van der Waals surface area contributed by atoms with Gasteiger partial charge in [0.1, 0.15) is 5.69 Å². The normalized spacial score (nSPS) is 10.5. The number of aliphatic carboxylic acids is 1. The number of carbonyl (C=O) groups is 3. The lowest BCUT2D eigenvalue weighted by Crippen LogP contribution is -2.26. The van der Waals surface area contributed by atoms with Crippen LogP contribution in [-0.2, 0) is 9.59 Å². The maximum Gasteiger partial charge on any atom is 0.305 e. The van der Waals surface area contributed by atoms with Crippen LogP contribution in [0.25, 0.3) is 6.08 Å². The summed E-state index contributed by atoms with van der Waals surface area (Å²) < 4.78 is 0. The van der Waals surface area contributed by atoms with E-state index in [0.29, 0.717) is 5.13 Å². The monoisotopic (exact) mass is 345 g/mol. The quantitative estimate of drug-likeness (QED) is 0.665. The summed E-state index contributed by atoms with van der Waals surface area (Å²) in [5.41, 5.74) is 1.03. The number of amides is 2. The zero-order chi connectivity index (χ0) is 17.4. The fourth-order valence-corrected chi connectivity index (χ4v) is 2.39. The molecule has 7 nitrogen and oxygen atoms in total. The smallest absolute Gasteiger partial charge is 0.305 e. The van der Waals surface area contributed by atoms with Gasteiger partial charge in [-0.15, -0.1) is 11.3 Å². The number of benzene rings is 1. The Morgan fingerprint density at radius 1 is 1.21 bits per heavy atom. The SMILES string of the molecule is O=C(O)CCNC(=O)c1csc(NC(=O)/C=C/c2ccccc2)n1. The molecule has 0 radical (unpaired) electrons. The van der Waals surface area contributed by atoms with Crippen molar-refractivity contribution in [2.75, 3.05) is 11.9 Å². The van der Waals surface area contributed by atoms with Gasteiger partial charge in [0.05, 0.1) is 6.42 Å². The third kappa shape index (κ3) is 5.65. The van der Waals surface area contributed by atoms with Gasteiger partial charge in [-0.2, -0.15) is 0 Å². The van der Waals surface area contributed by atoms with Crippen molar-refractivity contribution in [3.8, 4) is 0 Å². The van der Waals surface area contributed by atoms with Crippen molar-refractivity contribution in [3.05, 3.63) is 53.0 Å². The highest BCUT2D eigenvalue weighted by Gasteiger charge is 2.11. The average Bonchev–Trinajstić information content (AvgIpc) is 3.02. The van der Waals surface area contributed by atoms with Crippen LogP contribution in [0.4, 0.5) is 5.13 Å². The second kappa shape index (κ2) is 8.59. The minimum atomic E-state index is -0.994. The Morgan fingerprint density at radius 3 is 2.67 bits per heavy atom. The van der Waals surface area contributed by atoms with E-state index in [4.69, 9.17) is 5.11 Å². The number of carboxylic acids is 1. The third-order valence-corrected chi connectivity index (χ3v) is 3.58. The van der Waals surface area contributed by atoms with E-state index in [1.54, 1.807) is 6.08 Å². The van der Waals surface area contributed by atoms with Crippen LogP contribution < -0.4 is 10.6 Å². The standard InChI is InChI=1S/C16H15N3O4S/c20-13(7-6-11-4-2-1-3-5-11)19-16-18-12(10-24-16)15(23)17-9-8-14(21)22/h1-7,10H,8-9H2,(H,17,23)(H,21,22)(H,18,19,20)/b7-6+. The number of rotatable bonds is 7. The van der Waals surface area contributed by atoms with Crippen molar-refractivity contribution in [3.63, 3.8) is 0 Å². The molecule has 0 aliphatic rings. The van der Waals surface area contributed by atoms with Crippen LogP contribution in [0.5, 0.6) is 0 Å². The first kappa shape index (κ1) is 17.4. The van der Waals surface area contributed by atoms with Gasteiger partial charge < -0.3 is 10.4 Å². The molecule has 0 aliphatic carbocycles. The number of hydrogen-bond acceptors (Lipinski definition) is 5. The van der Waals surface area contributed by atoms with E-state index < -0.39 is 11.9 Å². The summed E-state index contributed by atoms with van der Waals surface area (Å²) >= 11 is 1.11. The molecule has 2 amide bonds. The largest absolute Gasteiger partial charge is 0.481 e. The van der Waals surface area contributed by atoms with Gasteiger partial charge in [-0.1, -0.05) is 30.3 Å². The number of thiazole rings is 1. The molecule has 1 aromatic heterocycles. The maximum absolute atomic E-state index is 11.8. The molecule has 0 saturated heterocycles. The third-order valence-electron chi connectivity index (χ3n) is 2.82. The molecule has 8 heteroatoms. The summed E-state index contributed by atoms with van der Waals surface area (Å²) in [6.45, 7) is 0.0210. The van der Waals surface area contributed by atoms with E-state index in [0.717, 1.165) is 16.9 Å². The average molecular weight is 345 g/mol. The maximum atomic E-state index is 11.8. The second-order valence-corrected chi connectivity index (χ2v) is 5.53. The lowest BCUT2D eigenvalue weighted by atomic mass is 10.2. The van der Waals surface area contributed by atoms with Crippen LogP contribution in [0, 0.1) is 0 Å². The van der Waals surface area contributed by atoms with E-state index >= 15 is 0 Å². The summed E-state index contributed by atoms with van der Waals surface area (Å²) in [7, 11) is 0. The number of anilines is 1. The molecule has 0 bridgehead atoms. The predicted octanol–water partition coefficient (Wildman–Crippen LogP) is 2.00. The Hall–Kier alpha value is -3.00. The Morgan fingerprint density at radius 2 is 1.96 bits per heavy atom. The zero-order valence-corrected chi connectivity index (χ0v) is 13.4. The molecule has 1 aromatic carbocycles. The van der Waals surface area contributed by atoms with Crippen molar-refractivity contribution in [2.45, 2.75) is 6.42 Å².